The van der Waals surface area contributed by atoms with Gasteiger partial charge in [0.1, 0.15) is 0 Å². The summed E-state index contributed by atoms with van der Waals surface area (Å²) in [7, 11) is 0. The summed E-state index contributed by atoms with van der Waals surface area (Å²) in [4.78, 5) is 36.5. The third-order valence-corrected chi connectivity index (χ3v) is 2.35. The minimum atomic E-state index is -0.874. The van der Waals surface area contributed by atoms with E-state index in [0.29, 0.717) is 6.54 Å². The lowest BCUT2D eigenvalue weighted by molar-refractivity contribution is -0.498. The molecule has 20 heavy (non-hydrogen) atoms. The van der Waals surface area contributed by atoms with Crippen molar-refractivity contribution in [3.8, 4) is 0 Å². The van der Waals surface area contributed by atoms with Crippen molar-refractivity contribution in [2.45, 2.75) is 20.0 Å². The maximum absolute atomic E-state index is 11.9. The van der Waals surface area contributed by atoms with E-state index in [4.69, 9.17) is 0 Å². The molecule has 0 saturated carbocycles. The van der Waals surface area contributed by atoms with Crippen molar-refractivity contribution < 1.29 is 19.5 Å². The number of hydrogen-bond donors (Lipinski definition) is 1. The van der Waals surface area contributed by atoms with Gasteiger partial charge < -0.3 is 4.84 Å². The molecule has 1 aromatic rings. The number of carbonyl (C=O) groups is 1. The number of nitrogens with one attached hydrogen (secondary N) is 1. The second kappa shape index (κ2) is 7.14. The van der Waals surface area contributed by atoms with Crippen LogP contribution in [-0.4, -0.2) is 22.4 Å². The summed E-state index contributed by atoms with van der Waals surface area (Å²) in [5.74, 6) is -0.874. The molecule has 1 rings (SSSR count). The molecule has 0 amide bonds. The quantitative estimate of drug-likeness (QED) is 0.582. The van der Waals surface area contributed by atoms with Crippen LogP contribution in [0.25, 0.3) is 0 Å². The molecule has 9 heteroatoms. The van der Waals surface area contributed by atoms with Crippen LogP contribution in [0.3, 0.4) is 0 Å². The molecule has 0 spiro atoms. The zero-order valence-electron chi connectivity index (χ0n) is 10.7. The molecule has 108 valence electrons. The van der Waals surface area contributed by atoms with Crippen LogP contribution in [0.4, 0.5) is 0 Å². The Kier molecular flexibility index (Phi) is 5.54. The summed E-state index contributed by atoms with van der Waals surface area (Å²) in [6, 6.07) is 4.17. The molecular weight excluding hydrogens is 270 g/mol. The molecule has 0 aliphatic heterocycles. The van der Waals surface area contributed by atoms with Crippen LogP contribution < -0.4 is 5.48 Å². The first-order valence-electron chi connectivity index (χ1n) is 5.74. The van der Waals surface area contributed by atoms with E-state index in [0.717, 1.165) is 0 Å². The van der Waals surface area contributed by atoms with E-state index in [1.165, 1.54) is 18.2 Å². The van der Waals surface area contributed by atoms with Crippen LogP contribution in [-0.2, 0) is 17.9 Å². The number of hydroxylamine groups is 1. The molecule has 0 heterocycles. The fourth-order valence-electron chi connectivity index (χ4n) is 1.65. The van der Waals surface area contributed by atoms with Gasteiger partial charge in [-0.3, -0.25) is 20.2 Å². The van der Waals surface area contributed by atoms with Gasteiger partial charge >= 0.3 is 5.97 Å². The minimum absolute atomic E-state index is 0.0808. The number of rotatable bonds is 7. The maximum Gasteiger partial charge on any atom is 0.357 e. The third-order valence-electron chi connectivity index (χ3n) is 2.35. The number of nitro groups is 2. The van der Waals surface area contributed by atoms with Crippen LogP contribution in [0.1, 0.15) is 28.4 Å². The molecule has 1 N–H and O–H groups in total. The second-order valence-electron chi connectivity index (χ2n) is 3.82. The highest BCUT2D eigenvalue weighted by Gasteiger charge is 2.23. The van der Waals surface area contributed by atoms with Gasteiger partial charge in [0, 0.05) is 27.5 Å². The lowest BCUT2D eigenvalue weighted by atomic mass is 10.0. The predicted molar refractivity (Wildman–Crippen MR) is 66.9 cm³/mol. The second-order valence-corrected chi connectivity index (χ2v) is 3.82. The van der Waals surface area contributed by atoms with Gasteiger partial charge in [-0.05, 0) is 6.92 Å². The lowest BCUT2D eigenvalue weighted by Crippen LogP contribution is -2.22. The van der Waals surface area contributed by atoms with E-state index in [-0.39, 0.29) is 16.7 Å². The summed E-state index contributed by atoms with van der Waals surface area (Å²) >= 11 is 0. The minimum Gasteiger partial charge on any atom is -0.367 e. The highest BCUT2D eigenvalue weighted by atomic mass is 16.7. The van der Waals surface area contributed by atoms with E-state index in [9.17, 15) is 25.0 Å². The Morgan fingerprint density at radius 2 is 1.70 bits per heavy atom. The molecule has 0 aromatic heterocycles. The molecule has 0 aliphatic carbocycles. The van der Waals surface area contributed by atoms with Gasteiger partial charge in [0.15, 0.2) is 0 Å². The van der Waals surface area contributed by atoms with Crippen LogP contribution in [0.5, 0.6) is 0 Å². The van der Waals surface area contributed by atoms with Gasteiger partial charge in [-0.2, -0.15) is 5.48 Å². The summed E-state index contributed by atoms with van der Waals surface area (Å²) in [5.41, 5.74) is 2.34. The van der Waals surface area contributed by atoms with Gasteiger partial charge in [-0.15, -0.1) is 0 Å². The Hall–Kier alpha value is -2.55. The Bertz CT molecular complexity index is 497. The van der Waals surface area contributed by atoms with Gasteiger partial charge in [0.05, 0.1) is 5.56 Å². The first kappa shape index (κ1) is 15.5. The van der Waals surface area contributed by atoms with E-state index in [1.54, 1.807) is 6.92 Å². The Morgan fingerprint density at radius 3 is 2.10 bits per heavy atom. The Balaban J connectivity index is 3.19. The van der Waals surface area contributed by atoms with Gasteiger partial charge in [-0.25, -0.2) is 4.79 Å². The van der Waals surface area contributed by atoms with Crippen molar-refractivity contribution in [1.29, 1.82) is 0 Å². The average molecular weight is 283 g/mol. The SMILES string of the molecule is CCNOC(=O)c1c(C[N+](=O)[O-])cccc1C[N+](=O)[O-]. The number of nitrogens with zero attached hydrogens (tertiary/aromatic N) is 2. The van der Waals surface area contributed by atoms with Crippen molar-refractivity contribution in [3.63, 3.8) is 0 Å². The number of benzene rings is 1. The largest absolute Gasteiger partial charge is 0.367 e. The molecule has 0 fully saturated rings. The van der Waals surface area contributed by atoms with Crippen molar-refractivity contribution in [2.24, 2.45) is 0 Å². The van der Waals surface area contributed by atoms with E-state index in [1.807, 2.05) is 0 Å². The fourth-order valence-corrected chi connectivity index (χ4v) is 1.65. The Morgan fingerprint density at radius 1 is 1.20 bits per heavy atom. The summed E-state index contributed by atoms with van der Waals surface area (Å²) < 4.78 is 0. The highest BCUT2D eigenvalue weighted by molar-refractivity contribution is 5.92. The standard InChI is InChI=1S/C11H13N3O6/c1-2-12-20-11(15)10-8(6-13(16)17)4-3-5-9(10)7-14(18)19/h3-5,12H,2,6-7H2,1H3. The van der Waals surface area contributed by atoms with E-state index < -0.39 is 28.9 Å². The van der Waals surface area contributed by atoms with Gasteiger partial charge in [0.25, 0.3) is 0 Å². The van der Waals surface area contributed by atoms with Gasteiger partial charge in [-0.1, -0.05) is 18.2 Å². The average Bonchev–Trinajstić information content (AvgIpc) is 2.34. The van der Waals surface area contributed by atoms with Crippen molar-refractivity contribution >= 4 is 5.97 Å². The summed E-state index contributed by atoms with van der Waals surface area (Å²) in [6.45, 7) is 0.812. The van der Waals surface area contributed by atoms with E-state index >= 15 is 0 Å². The van der Waals surface area contributed by atoms with Crippen LogP contribution >= 0.6 is 0 Å². The first-order valence-corrected chi connectivity index (χ1v) is 5.74. The van der Waals surface area contributed by atoms with Crippen molar-refractivity contribution in [2.75, 3.05) is 6.54 Å². The smallest absolute Gasteiger partial charge is 0.357 e. The third kappa shape index (κ3) is 4.28. The highest BCUT2D eigenvalue weighted by Crippen LogP contribution is 2.18. The van der Waals surface area contributed by atoms with Crippen LogP contribution in [0.15, 0.2) is 18.2 Å². The molecule has 0 atom stereocenters. The first-order chi connectivity index (χ1) is 9.45. The lowest BCUT2D eigenvalue weighted by Gasteiger charge is -2.10. The van der Waals surface area contributed by atoms with Crippen molar-refractivity contribution in [1.82, 2.24) is 5.48 Å². The molecule has 0 unspecified atom stereocenters. The van der Waals surface area contributed by atoms with Crippen molar-refractivity contribution in [3.05, 3.63) is 55.1 Å². The molecular formula is C11H13N3O6. The van der Waals surface area contributed by atoms with E-state index in [2.05, 4.69) is 10.3 Å². The molecule has 9 nitrogen and oxygen atoms in total. The topological polar surface area (TPSA) is 125 Å². The zero-order valence-corrected chi connectivity index (χ0v) is 10.7. The predicted octanol–water partition coefficient (Wildman–Crippen LogP) is 0.921. The number of carbonyl (C=O) groups excluding carboxylic acids is 1. The Labute approximate surface area is 113 Å². The molecule has 0 bridgehead atoms. The summed E-state index contributed by atoms with van der Waals surface area (Å²) in [6.07, 6.45) is 0. The maximum atomic E-state index is 11.9. The van der Waals surface area contributed by atoms with Crippen LogP contribution in [0, 0.1) is 20.2 Å². The number of hydrogen-bond acceptors (Lipinski definition) is 7. The molecule has 0 saturated heterocycles. The van der Waals surface area contributed by atoms with Crippen LogP contribution in [0.2, 0.25) is 0 Å². The normalized spacial score (nSPS) is 10.1. The molecule has 0 radical (unpaired) electrons. The van der Waals surface area contributed by atoms with Gasteiger partial charge in [0.2, 0.25) is 13.1 Å². The molecule has 1 aromatic carbocycles. The fraction of sp³-hybridized carbons (Fsp3) is 0.364. The molecule has 0 aliphatic rings. The monoisotopic (exact) mass is 283 g/mol. The summed E-state index contributed by atoms with van der Waals surface area (Å²) in [5, 5.41) is 21.2. The zero-order chi connectivity index (χ0) is 15.1.